The number of aromatic nitrogens is 2. The minimum atomic E-state index is -1.46. The molecule has 0 unspecified atom stereocenters. The maximum atomic E-state index is 12.6. The average molecular weight is 361 g/mol. The number of aromatic amines is 2. The molecular weight excluding hydrogens is 342 g/mol. The standard InChI is InChI=1S/C17H19N3O6/c1-3-26-16(22)14-12(9-4-6-10(7-5-9)20(24)25)13-11(8-17(14,2)23)18-19-15(13)21/h4-7,12,14,23H,3,8H2,1-2H3,(H2,18,19,21)/t12-,14-,17-/m1/s1. The first kappa shape index (κ1) is 17.9. The first-order valence-electron chi connectivity index (χ1n) is 8.19. The van der Waals surface area contributed by atoms with Gasteiger partial charge in [-0.2, -0.15) is 0 Å². The Morgan fingerprint density at radius 3 is 2.62 bits per heavy atom. The summed E-state index contributed by atoms with van der Waals surface area (Å²) in [5, 5.41) is 27.0. The molecule has 0 amide bonds. The molecule has 1 aliphatic carbocycles. The molecule has 2 aromatic rings. The highest BCUT2D eigenvalue weighted by Crippen LogP contribution is 2.44. The fourth-order valence-corrected chi connectivity index (χ4v) is 3.65. The SMILES string of the molecule is CCOC(=O)[C@H]1[C@H](c2ccc([N+](=O)[O-])cc2)c2c([nH][nH]c2=O)C[C@@]1(C)O. The van der Waals surface area contributed by atoms with Crippen molar-refractivity contribution in [2.45, 2.75) is 31.8 Å². The van der Waals surface area contributed by atoms with Gasteiger partial charge < -0.3 is 14.9 Å². The van der Waals surface area contributed by atoms with E-state index in [-0.39, 0.29) is 18.7 Å². The van der Waals surface area contributed by atoms with Gasteiger partial charge in [0.2, 0.25) is 0 Å². The summed E-state index contributed by atoms with van der Waals surface area (Å²) < 4.78 is 5.13. The molecule has 1 aromatic carbocycles. The monoisotopic (exact) mass is 361 g/mol. The molecule has 3 N–H and O–H groups in total. The van der Waals surface area contributed by atoms with Crippen molar-refractivity contribution in [2.75, 3.05) is 6.61 Å². The van der Waals surface area contributed by atoms with Crippen LogP contribution in [0.2, 0.25) is 0 Å². The Bertz CT molecular complexity index is 896. The molecule has 1 heterocycles. The Balaban J connectivity index is 2.18. The number of esters is 1. The first-order chi connectivity index (χ1) is 12.3. The number of ether oxygens (including phenoxy) is 1. The Morgan fingerprint density at radius 1 is 1.38 bits per heavy atom. The molecule has 0 fully saturated rings. The van der Waals surface area contributed by atoms with Gasteiger partial charge in [0, 0.05) is 35.7 Å². The summed E-state index contributed by atoms with van der Waals surface area (Å²) in [5.74, 6) is -2.43. The predicted molar refractivity (Wildman–Crippen MR) is 90.8 cm³/mol. The molecule has 138 valence electrons. The van der Waals surface area contributed by atoms with E-state index in [0.29, 0.717) is 16.8 Å². The average Bonchev–Trinajstić information content (AvgIpc) is 2.93. The van der Waals surface area contributed by atoms with Crippen LogP contribution >= 0.6 is 0 Å². The Morgan fingerprint density at radius 2 is 2.04 bits per heavy atom. The fourth-order valence-electron chi connectivity index (χ4n) is 3.65. The predicted octanol–water partition coefficient (Wildman–Crippen LogP) is 1.23. The van der Waals surface area contributed by atoms with E-state index < -0.39 is 33.9 Å². The van der Waals surface area contributed by atoms with Crippen molar-refractivity contribution in [2.24, 2.45) is 5.92 Å². The molecule has 0 aliphatic heterocycles. The van der Waals surface area contributed by atoms with E-state index in [1.807, 2.05) is 0 Å². The van der Waals surface area contributed by atoms with Crippen molar-refractivity contribution in [1.82, 2.24) is 10.2 Å². The van der Waals surface area contributed by atoms with Crippen LogP contribution in [0.1, 0.15) is 36.6 Å². The Hall–Kier alpha value is -2.94. The van der Waals surface area contributed by atoms with Gasteiger partial charge >= 0.3 is 5.97 Å². The minimum absolute atomic E-state index is 0.0774. The number of carbonyl (C=O) groups excluding carboxylic acids is 1. The highest BCUT2D eigenvalue weighted by molar-refractivity contribution is 5.77. The van der Waals surface area contributed by atoms with Crippen LogP contribution in [-0.2, 0) is 16.0 Å². The van der Waals surface area contributed by atoms with Crippen LogP contribution < -0.4 is 5.56 Å². The van der Waals surface area contributed by atoms with Gasteiger partial charge in [0.15, 0.2) is 0 Å². The van der Waals surface area contributed by atoms with Gasteiger partial charge in [-0.25, -0.2) is 0 Å². The highest BCUT2D eigenvalue weighted by Gasteiger charge is 2.51. The van der Waals surface area contributed by atoms with Crippen molar-refractivity contribution >= 4 is 11.7 Å². The van der Waals surface area contributed by atoms with Crippen LogP contribution in [0, 0.1) is 16.0 Å². The molecular formula is C17H19N3O6. The van der Waals surface area contributed by atoms with Gasteiger partial charge in [0.1, 0.15) is 0 Å². The van der Waals surface area contributed by atoms with E-state index in [1.165, 1.54) is 31.2 Å². The van der Waals surface area contributed by atoms with Gasteiger partial charge in [-0.05, 0) is 19.4 Å². The largest absolute Gasteiger partial charge is 0.466 e. The maximum absolute atomic E-state index is 12.6. The molecule has 9 nitrogen and oxygen atoms in total. The summed E-state index contributed by atoms with van der Waals surface area (Å²) in [6.07, 6.45) is 0.0774. The van der Waals surface area contributed by atoms with Crippen LogP contribution in [0.4, 0.5) is 5.69 Å². The second kappa shape index (κ2) is 6.41. The third kappa shape index (κ3) is 2.90. The Labute approximate surface area is 148 Å². The summed E-state index contributed by atoms with van der Waals surface area (Å²) in [6.45, 7) is 3.31. The summed E-state index contributed by atoms with van der Waals surface area (Å²) in [7, 11) is 0. The number of benzene rings is 1. The summed E-state index contributed by atoms with van der Waals surface area (Å²) in [5.41, 5.74) is -0.607. The molecule has 9 heteroatoms. The van der Waals surface area contributed by atoms with Crippen LogP contribution in [0.5, 0.6) is 0 Å². The number of aliphatic hydroxyl groups is 1. The van der Waals surface area contributed by atoms with Crippen molar-refractivity contribution < 1.29 is 19.6 Å². The molecule has 0 saturated carbocycles. The number of carbonyl (C=O) groups is 1. The minimum Gasteiger partial charge on any atom is -0.466 e. The second-order valence-corrected chi connectivity index (χ2v) is 6.56. The highest BCUT2D eigenvalue weighted by atomic mass is 16.6. The van der Waals surface area contributed by atoms with Gasteiger partial charge in [-0.3, -0.25) is 24.8 Å². The lowest BCUT2D eigenvalue weighted by Gasteiger charge is -2.40. The molecule has 26 heavy (non-hydrogen) atoms. The number of nitro benzene ring substituents is 1. The number of hydrogen-bond acceptors (Lipinski definition) is 6. The number of non-ortho nitro benzene ring substituents is 1. The quantitative estimate of drug-likeness (QED) is 0.425. The van der Waals surface area contributed by atoms with Crippen LogP contribution in [0.15, 0.2) is 29.1 Å². The number of nitrogens with one attached hydrogen (secondary N) is 2. The van der Waals surface area contributed by atoms with E-state index in [0.717, 1.165) is 0 Å². The van der Waals surface area contributed by atoms with Gasteiger partial charge in [-0.15, -0.1) is 0 Å². The van der Waals surface area contributed by atoms with Crippen molar-refractivity contribution in [1.29, 1.82) is 0 Å². The lowest BCUT2D eigenvalue weighted by molar-refractivity contribution is -0.384. The second-order valence-electron chi connectivity index (χ2n) is 6.56. The van der Waals surface area contributed by atoms with Gasteiger partial charge in [-0.1, -0.05) is 12.1 Å². The fraction of sp³-hybridized carbons (Fsp3) is 0.412. The zero-order chi connectivity index (χ0) is 19.1. The molecule has 3 atom stereocenters. The first-order valence-corrected chi connectivity index (χ1v) is 8.19. The molecule has 1 aliphatic rings. The van der Waals surface area contributed by atoms with Crippen LogP contribution in [-0.4, -0.2) is 38.4 Å². The van der Waals surface area contributed by atoms with E-state index in [1.54, 1.807) is 6.92 Å². The van der Waals surface area contributed by atoms with Crippen molar-refractivity contribution in [3.8, 4) is 0 Å². The maximum Gasteiger partial charge on any atom is 0.312 e. The third-order valence-corrected chi connectivity index (χ3v) is 4.75. The van der Waals surface area contributed by atoms with Crippen LogP contribution in [0.3, 0.4) is 0 Å². The lowest BCUT2D eigenvalue weighted by atomic mass is 9.66. The van der Waals surface area contributed by atoms with E-state index in [2.05, 4.69) is 10.2 Å². The van der Waals surface area contributed by atoms with Crippen molar-refractivity contribution in [3.05, 3.63) is 61.6 Å². The number of hydrogen-bond donors (Lipinski definition) is 3. The number of rotatable bonds is 4. The lowest BCUT2D eigenvalue weighted by Crippen LogP contribution is -2.50. The molecule has 0 radical (unpaired) electrons. The molecule has 0 bridgehead atoms. The molecule has 0 spiro atoms. The number of nitrogens with zero attached hydrogens (tertiary/aromatic N) is 1. The van der Waals surface area contributed by atoms with E-state index in [9.17, 15) is 24.8 Å². The zero-order valence-corrected chi connectivity index (χ0v) is 14.3. The number of H-pyrrole nitrogens is 2. The summed E-state index contributed by atoms with van der Waals surface area (Å²) >= 11 is 0. The van der Waals surface area contributed by atoms with E-state index in [4.69, 9.17) is 4.74 Å². The third-order valence-electron chi connectivity index (χ3n) is 4.75. The summed E-state index contributed by atoms with van der Waals surface area (Å²) in [4.78, 5) is 35.3. The summed E-state index contributed by atoms with van der Waals surface area (Å²) in [6, 6.07) is 5.60. The zero-order valence-electron chi connectivity index (χ0n) is 14.3. The number of nitro groups is 1. The normalized spacial score (nSPS) is 24.7. The Kier molecular flexibility index (Phi) is 4.41. The topological polar surface area (TPSA) is 138 Å². The molecule has 3 rings (SSSR count). The molecule has 0 saturated heterocycles. The van der Waals surface area contributed by atoms with Gasteiger partial charge in [0.25, 0.3) is 11.2 Å². The smallest absolute Gasteiger partial charge is 0.312 e. The van der Waals surface area contributed by atoms with E-state index >= 15 is 0 Å². The molecule has 1 aromatic heterocycles. The van der Waals surface area contributed by atoms with Crippen molar-refractivity contribution in [3.63, 3.8) is 0 Å². The number of fused-ring (bicyclic) bond motifs is 1. The van der Waals surface area contributed by atoms with Crippen LogP contribution in [0.25, 0.3) is 0 Å². The van der Waals surface area contributed by atoms with Gasteiger partial charge in [0.05, 0.1) is 23.0 Å².